The topological polar surface area (TPSA) is 24.9 Å². The molecule has 0 aliphatic heterocycles. The van der Waals surface area contributed by atoms with Crippen molar-refractivity contribution in [3.8, 4) is 0 Å². The molecule has 1 aromatic carbocycles. The van der Waals surface area contributed by atoms with Gasteiger partial charge < -0.3 is 5.32 Å². The van der Waals surface area contributed by atoms with E-state index in [4.69, 9.17) is 11.6 Å². The van der Waals surface area contributed by atoms with E-state index in [0.717, 1.165) is 6.20 Å². The summed E-state index contributed by atoms with van der Waals surface area (Å²) in [6.45, 7) is 0. The molecule has 0 saturated carbocycles. The highest BCUT2D eigenvalue weighted by Crippen LogP contribution is 2.35. The zero-order valence-corrected chi connectivity index (χ0v) is 12.4. The normalized spacial score (nSPS) is 13.4. The third-order valence-corrected chi connectivity index (χ3v) is 4.44. The number of nitrogens with zero attached hydrogens (tertiary/aromatic N) is 1. The minimum Gasteiger partial charge on any atom is -0.312 e. The number of halogens is 5. The fourth-order valence-electron chi connectivity index (χ4n) is 1.86. The highest BCUT2D eigenvalue weighted by atomic mass is 35.5. The Morgan fingerprint density at radius 2 is 2.10 bits per heavy atom. The van der Waals surface area contributed by atoms with Crippen LogP contribution in [0.3, 0.4) is 0 Å². The van der Waals surface area contributed by atoms with Gasteiger partial charge in [0.1, 0.15) is 5.82 Å². The van der Waals surface area contributed by atoms with E-state index in [2.05, 4.69) is 10.3 Å². The van der Waals surface area contributed by atoms with Crippen LogP contribution in [0.5, 0.6) is 0 Å². The molecule has 1 heterocycles. The summed E-state index contributed by atoms with van der Waals surface area (Å²) in [6.07, 6.45) is -3.18. The van der Waals surface area contributed by atoms with Crippen molar-refractivity contribution in [2.75, 3.05) is 7.05 Å². The van der Waals surface area contributed by atoms with Crippen LogP contribution in [-0.2, 0) is 12.6 Å². The van der Waals surface area contributed by atoms with Crippen molar-refractivity contribution in [3.05, 3.63) is 50.7 Å². The van der Waals surface area contributed by atoms with Gasteiger partial charge in [-0.1, -0.05) is 17.7 Å². The molecule has 8 heteroatoms. The quantitative estimate of drug-likeness (QED) is 0.833. The highest BCUT2D eigenvalue weighted by Gasteiger charge is 2.35. The fraction of sp³-hybridized carbons (Fsp3) is 0.308. The van der Waals surface area contributed by atoms with Gasteiger partial charge in [0.05, 0.1) is 0 Å². The molecule has 0 aliphatic rings. The summed E-state index contributed by atoms with van der Waals surface area (Å²) in [7, 11) is 1.59. The summed E-state index contributed by atoms with van der Waals surface area (Å²) in [5.41, 5.74) is 0.264. The van der Waals surface area contributed by atoms with Crippen molar-refractivity contribution in [2.45, 2.75) is 18.6 Å². The third kappa shape index (κ3) is 3.72. The zero-order chi connectivity index (χ0) is 15.6. The van der Waals surface area contributed by atoms with E-state index < -0.39 is 23.0 Å². The second-order valence-corrected chi connectivity index (χ2v) is 5.78. The monoisotopic (exact) mass is 338 g/mol. The van der Waals surface area contributed by atoms with Crippen molar-refractivity contribution in [1.29, 1.82) is 0 Å². The molecule has 1 atom stereocenters. The van der Waals surface area contributed by atoms with Crippen molar-refractivity contribution in [3.63, 3.8) is 0 Å². The number of rotatable bonds is 4. The molecule has 0 spiro atoms. The Labute approximate surface area is 127 Å². The Hall–Kier alpha value is -1.18. The smallest absolute Gasteiger partial charge is 0.312 e. The van der Waals surface area contributed by atoms with Gasteiger partial charge in [-0.15, -0.1) is 11.3 Å². The van der Waals surface area contributed by atoms with Gasteiger partial charge in [0.2, 0.25) is 0 Å². The van der Waals surface area contributed by atoms with Crippen LogP contribution in [0.4, 0.5) is 17.6 Å². The molecule has 2 rings (SSSR count). The molecule has 1 N–H and O–H groups in total. The number of hydrogen-bond donors (Lipinski definition) is 1. The summed E-state index contributed by atoms with van der Waals surface area (Å²) in [5.74, 6) is -0.483. The molecule has 1 unspecified atom stereocenters. The minimum absolute atomic E-state index is 0.140. The molecule has 0 amide bonds. The van der Waals surface area contributed by atoms with Crippen LogP contribution in [0.15, 0.2) is 24.4 Å². The molecule has 0 fully saturated rings. The first-order valence-electron chi connectivity index (χ1n) is 5.96. The Balaban J connectivity index is 2.26. The highest BCUT2D eigenvalue weighted by molar-refractivity contribution is 7.11. The average molecular weight is 339 g/mol. The molecule has 1 aromatic heterocycles. The van der Waals surface area contributed by atoms with Crippen LogP contribution in [0.25, 0.3) is 0 Å². The largest absolute Gasteiger partial charge is 0.443 e. The molecule has 2 aromatic rings. The summed E-state index contributed by atoms with van der Waals surface area (Å²) >= 11 is 6.48. The standard InChI is InChI=1S/C13H11ClF4N2S/c1-19-10(5-7-8(14)3-2-4-9(7)15)11-6-20-12(21-11)13(16,17)18/h2-4,6,10,19H,5H2,1H3. The first-order valence-corrected chi connectivity index (χ1v) is 7.15. The summed E-state index contributed by atoms with van der Waals surface area (Å²) in [6, 6.07) is 3.79. The van der Waals surface area contributed by atoms with Crippen LogP contribution in [0, 0.1) is 5.82 Å². The molecule has 21 heavy (non-hydrogen) atoms. The molecule has 0 bridgehead atoms. The van der Waals surface area contributed by atoms with Crippen LogP contribution >= 0.6 is 22.9 Å². The minimum atomic E-state index is -4.48. The SMILES string of the molecule is CNC(Cc1c(F)cccc1Cl)c1cnc(C(F)(F)F)s1. The van der Waals surface area contributed by atoms with Gasteiger partial charge in [0, 0.05) is 27.7 Å². The second kappa shape index (κ2) is 6.29. The second-order valence-electron chi connectivity index (χ2n) is 4.31. The summed E-state index contributed by atoms with van der Waals surface area (Å²) in [5, 5.41) is 2.19. The molecular formula is C13H11ClF4N2S. The lowest BCUT2D eigenvalue weighted by molar-refractivity contribution is -0.137. The Morgan fingerprint density at radius 1 is 1.38 bits per heavy atom. The lowest BCUT2D eigenvalue weighted by Crippen LogP contribution is -2.18. The van der Waals surface area contributed by atoms with E-state index in [1.54, 1.807) is 13.1 Å². The maximum atomic E-state index is 13.8. The molecule has 0 saturated heterocycles. The fourth-order valence-corrected chi connectivity index (χ4v) is 2.99. The van der Waals surface area contributed by atoms with E-state index in [0.29, 0.717) is 16.2 Å². The van der Waals surface area contributed by atoms with Gasteiger partial charge in [-0.25, -0.2) is 9.37 Å². The molecule has 2 nitrogen and oxygen atoms in total. The summed E-state index contributed by atoms with van der Waals surface area (Å²) in [4.78, 5) is 3.75. The van der Waals surface area contributed by atoms with E-state index in [1.165, 1.54) is 12.1 Å². The van der Waals surface area contributed by atoms with E-state index in [-0.39, 0.29) is 17.0 Å². The molecule has 114 valence electrons. The van der Waals surface area contributed by atoms with Crippen molar-refractivity contribution >= 4 is 22.9 Å². The van der Waals surface area contributed by atoms with Crippen LogP contribution in [-0.4, -0.2) is 12.0 Å². The number of aromatic nitrogens is 1. The third-order valence-electron chi connectivity index (χ3n) is 2.93. The van der Waals surface area contributed by atoms with Gasteiger partial charge in [0.25, 0.3) is 0 Å². The Kier molecular flexibility index (Phi) is 4.85. The predicted molar refractivity (Wildman–Crippen MR) is 74.0 cm³/mol. The predicted octanol–water partition coefficient (Wildman–Crippen LogP) is 4.46. The van der Waals surface area contributed by atoms with Crippen LogP contribution < -0.4 is 5.32 Å². The van der Waals surface area contributed by atoms with Gasteiger partial charge in [0.15, 0.2) is 5.01 Å². The maximum absolute atomic E-state index is 13.8. The average Bonchev–Trinajstić information content (AvgIpc) is 2.88. The van der Waals surface area contributed by atoms with Crippen molar-refractivity contribution < 1.29 is 17.6 Å². The van der Waals surface area contributed by atoms with Crippen molar-refractivity contribution in [1.82, 2.24) is 10.3 Å². The number of nitrogens with one attached hydrogen (secondary N) is 1. The van der Waals surface area contributed by atoms with E-state index >= 15 is 0 Å². The Morgan fingerprint density at radius 3 is 2.62 bits per heavy atom. The summed E-state index contributed by atoms with van der Waals surface area (Å²) < 4.78 is 51.5. The Bertz CT molecular complexity index is 607. The lowest BCUT2D eigenvalue weighted by atomic mass is 10.0. The lowest BCUT2D eigenvalue weighted by Gasteiger charge is -2.15. The first kappa shape index (κ1) is 16.2. The van der Waals surface area contributed by atoms with Crippen molar-refractivity contribution in [2.24, 2.45) is 0 Å². The van der Waals surface area contributed by atoms with Crippen LogP contribution in [0.1, 0.15) is 21.5 Å². The van der Waals surface area contributed by atoms with Gasteiger partial charge >= 0.3 is 6.18 Å². The number of thiazole rings is 1. The van der Waals surface area contributed by atoms with E-state index in [9.17, 15) is 17.6 Å². The number of hydrogen-bond acceptors (Lipinski definition) is 3. The van der Waals surface area contributed by atoms with Gasteiger partial charge in [-0.3, -0.25) is 0 Å². The van der Waals surface area contributed by atoms with Crippen LogP contribution in [0.2, 0.25) is 5.02 Å². The molecule has 0 radical (unpaired) electrons. The van der Waals surface area contributed by atoms with Gasteiger partial charge in [-0.2, -0.15) is 13.2 Å². The number of likely N-dealkylation sites (N-methyl/N-ethyl adjacent to an activating group) is 1. The zero-order valence-electron chi connectivity index (χ0n) is 10.8. The molecular weight excluding hydrogens is 328 g/mol. The number of alkyl halides is 3. The first-order chi connectivity index (χ1) is 9.82. The van der Waals surface area contributed by atoms with E-state index in [1.807, 2.05) is 0 Å². The maximum Gasteiger partial charge on any atom is 0.443 e. The number of benzene rings is 1. The van der Waals surface area contributed by atoms with Gasteiger partial charge in [-0.05, 0) is 25.6 Å². The molecule has 0 aliphatic carbocycles.